The van der Waals surface area contributed by atoms with Gasteiger partial charge in [0.25, 0.3) is 5.91 Å². The van der Waals surface area contributed by atoms with Crippen molar-refractivity contribution in [1.29, 1.82) is 0 Å². The van der Waals surface area contributed by atoms with E-state index in [-0.39, 0.29) is 18.2 Å². The molecule has 0 spiro atoms. The molecule has 3 heterocycles. The van der Waals surface area contributed by atoms with Crippen LogP contribution in [0.5, 0.6) is 0 Å². The third-order valence-electron chi connectivity index (χ3n) is 7.12. The zero-order chi connectivity index (χ0) is 28.9. The van der Waals surface area contributed by atoms with Gasteiger partial charge in [-0.15, -0.1) is 20.2 Å². The Hall–Kier alpha value is -3.16. The Morgan fingerprint density at radius 3 is 2.42 bits per heavy atom. The fraction of sp³-hybridized carbons (Fsp3) is 0.519. The van der Waals surface area contributed by atoms with Gasteiger partial charge in [-0.3, -0.25) is 14.3 Å². The van der Waals surface area contributed by atoms with Gasteiger partial charge in [-0.1, -0.05) is 0 Å². The van der Waals surface area contributed by atoms with Gasteiger partial charge in [-0.05, 0) is 62.8 Å². The Labute approximate surface area is 237 Å². The molecule has 2 aliphatic heterocycles. The fourth-order valence-electron chi connectivity index (χ4n) is 4.83. The summed E-state index contributed by atoms with van der Waals surface area (Å²) in [5, 5.41) is 2.96. The molecule has 0 unspecified atom stereocenters. The van der Waals surface area contributed by atoms with Crippen molar-refractivity contribution < 1.29 is 27.5 Å². The first-order chi connectivity index (χ1) is 18.9. The molecule has 2 fully saturated rings. The molecule has 13 heteroatoms. The number of carbonyl (C=O) groups is 2. The number of anilines is 4. The number of morpholine rings is 1. The molecule has 11 nitrogen and oxygen atoms in total. The average molecular weight is 590 g/mol. The lowest BCUT2D eigenvalue weighted by atomic mass is 10.1. The fourth-order valence-corrected chi connectivity index (χ4v) is 7.78. The maximum absolute atomic E-state index is 13.6. The number of hydrogen-bond donors (Lipinski definition) is 2. The van der Waals surface area contributed by atoms with Crippen molar-refractivity contribution in [3.63, 3.8) is 0 Å². The van der Waals surface area contributed by atoms with Crippen LogP contribution in [-0.2, 0) is 24.3 Å². The van der Waals surface area contributed by atoms with Crippen molar-refractivity contribution in [3.05, 3.63) is 41.5 Å². The first kappa shape index (κ1) is 29.8. The van der Waals surface area contributed by atoms with Gasteiger partial charge in [0.15, 0.2) is 5.75 Å². The minimum absolute atomic E-state index is 0.0979. The normalized spacial score (nSPS) is 17.3. The van der Waals surface area contributed by atoms with Gasteiger partial charge in [0, 0.05) is 13.1 Å². The number of ether oxygens (including phenoxy) is 2. The molecule has 40 heavy (non-hydrogen) atoms. The number of hydrogen-bond acceptors (Lipinski definition) is 9. The molecule has 2 saturated heterocycles. The molecule has 0 radical (unpaired) electrons. The highest BCUT2D eigenvalue weighted by Crippen LogP contribution is 2.32. The van der Waals surface area contributed by atoms with Crippen molar-refractivity contribution in [2.45, 2.75) is 39.0 Å². The lowest BCUT2D eigenvalue weighted by molar-refractivity contribution is -0.139. The molecule has 1 aromatic heterocycles. The van der Waals surface area contributed by atoms with Crippen LogP contribution in [0.1, 0.15) is 22.8 Å². The summed E-state index contributed by atoms with van der Waals surface area (Å²) in [7, 11) is -5.29. The minimum Gasteiger partial charge on any atom is -0.465 e. The molecule has 0 atom stereocenters. The van der Waals surface area contributed by atoms with Crippen molar-refractivity contribution >= 4 is 53.0 Å². The number of carbonyl (C=O) groups excluding carboxylic acids is 2. The Balaban J connectivity index is 1.60. The molecule has 4 rings (SSSR count). The van der Waals surface area contributed by atoms with Crippen LogP contribution in [0, 0.1) is 6.92 Å². The predicted octanol–water partition coefficient (Wildman–Crippen LogP) is 3.31. The van der Waals surface area contributed by atoms with E-state index in [9.17, 15) is 18.0 Å². The van der Waals surface area contributed by atoms with E-state index >= 15 is 0 Å². The third kappa shape index (κ3) is 7.95. The SMILES string of the molecule is CCOC(=O)CS(=O)(=O)Nc1ccc(C(=O)Nc2cc(C)cc(N3CCOCC3)n2)c(N2CC[Si-](C)(C)CC2)c1. The van der Waals surface area contributed by atoms with Crippen molar-refractivity contribution in [3.8, 4) is 0 Å². The van der Waals surface area contributed by atoms with Crippen LogP contribution in [-0.4, -0.2) is 85.1 Å². The summed E-state index contributed by atoms with van der Waals surface area (Å²) in [6.45, 7) is 12.7. The quantitative estimate of drug-likeness (QED) is 0.334. The summed E-state index contributed by atoms with van der Waals surface area (Å²) in [6.07, 6.45) is 0. The van der Waals surface area contributed by atoms with Gasteiger partial charge < -0.3 is 24.6 Å². The highest BCUT2D eigenvalue weighted by atomic mass is 32.2. The molecule has 1 amide bonds. The van der Waals surface area contributed by atoms with Crippen molar-refractivity contribution in [2.75, 3.05) is 71.6 Å². The maximum Gasteiger partial charge on any atom is 0.323 e. The predicted molar refractivity (Wildman–Crippen MR) is 160 cm³/mol. The molecular weight excluding hydrogens is 550 g/mol. The molecule has 0 saturated carbocycles. The van der Waals surface area contributed by atoms with Gasteiger partial charge in [0.1, 0.15) is 11.6 Å². The number of nitrogens with one attached hydrogen (secondary N) is 2. The number of aromatic nitrogens is 1. The smallest absolute Gasteiger partial charge is 0.323 e. The summed E-state index contributed by atoms with van der Waals surface area (Å²) in [5.74, 6) is -0.704. The molecular formula is C27H39N5O6SSi-. The van der Waals surface area contributed by atoms with Crippen molar-refractivity contribution in [1.82, 2.24) is 4.98 Å². The van der Waals surface area contributed by atoms with Crippen LogP contribution in [0.2, 0.25) is 25.2 Å². The Kier molecular flexibility index (Phi) is 9.36. The number of amides is 1. The largest absolute Gasteiger partial charge is 0.465 e. The lowest BCUT2D eigenvalue weighted by Gasteiger charge is -2.45. The monoisotopic (exact) mass is 589 g/mol. The Morgan fingerprint density at radius 2 is 1.75 bits per heavy atom. The standard InChI is InChI=1S/C27H39N5O6SSi/c1-5-38-26(33)19-39(35,36)30-21-6-7-22(23(18-21)31-10-14-40(3,4)15-11-31)27(34)29-24-16-20(2)17-25(28-24)32-8-12-37-13-9-32/h6-7,16-18,30H,5,8-15,19H2,1-4H3,(H,28,29,34)/q-1. The zero-order valence-corrected chi connectivity index (χ0v) is 25.5. The molecule has 1 aromatic carbocycles. The molecule has 219 valence electrons. The number of pyridine rings is 1. The number of aryl methyl sites for hydroxylation is 1. The summed E-state index contributed by atoms with van der Waals surface area (Å²) in [5.41, 5.74) is 2.31. The van der Waals surface area contributed by atoms with Crippen molar-refractivity contribution in [2.24, 2.45) is 0 Å². The molecule has 0 bridgehead atoms. The topological polar surface area (TPSA) is 130 Å². The second-order valence-electron chi connectivity index (χ2n) is 11.0. The van der Waals surface area contributed by atoms with E-state index in [2.05, 4.69) is 37.9 Å². The van der Waals surface area contributed by atoms with E-state index in [1.807, 2.05) is 19.1 Å². The Bertz CT molecular complexity index is 1340. The number of rotatable bonds is 9. The second kappa shape index (κ2) is 12.6. The second-order valence-corrected chi connectivity index (χ2v) is 18.0. The highest BCUT2D eigenvalue weighted by Gasteiger charge is 2.25. The van der Waals surface area contributed by atoms with E-state index in [0.29, 0.717) is 30.3 Å². The van der Waals surface area contributed by atoms with Crippen LogP contribution >= 0.6 is 0 Å². The van der Waals surface area contributed by atoms with Crippen LogP contribution in [0.15, 0.2) is 30.3 Å². The summed E-state index contributed by atoms with van der Waals surface area (Å²) >= 11 is 0. The zero-order valence-electron chi connectivity index (χ0n) is 23.7. The van der Waals surface area contributed by atoms with E-state index < -0.39 is 29.8 Å². The Morgan fingerprint density at radius 1 is 1.05 bits per heavy atom. The van der Waals surface area contributed by atoms with Crippen LogP contribution < -0.4 is 19.8 Å². The van der Waals surface area contributed by atoms with E-state index in [1.54, 1.807) is 19.1 Å². The van der Waals surface area contributed by atoms with E-state index in [0.717, 1.165) is 49.6 Å². The first-order valence-electron chi connectivity index (χ1n) is 13.6. The van der Waals surface area contributed by atoms with Crippen LogP contribution in [0.25, 0.3) is 0 Å². The van der Waals surface area contributed by atoms with Crippen LogP contribution in [0.4, 0.5) is 23.0 Å². The minimum atomic E-state index is -3.98. The summed E-state index contributed by atoms with van der Waals surface area (Å²) in [4.78, 5) is 34.4. The molecule has 0 aliphatic carbocycles. The third-order valence-corrected chi connectivity index (χ3v) is 11.4. The first-order valence-corrected chi connectivity index (χ1v) is 18.7. The summed E-state index contributed by atoms with van der Waals surface area (Å²) in [6, 6.07) is 10.8. The van der Waals surface area contributed by atoms with Gasteiger partial charge in [0.2, 0.25) is 10.0 Å². The van der Waals surface area contributed by atoms with E-state index in [1.165, 1.54) is 6.07 Å². The average Bonchev–Trinajstić information content (AvgIpc) is 2.88. The number of benzene rings is 1. The van der Waals surface area contributed by atoms with E-state index in [4.69, 9.17) is 9.47 Å². The number of nitrogens with zero attached hydrogens (tertiary/aromatic N) is 3. The van der Waals surface area contributed by atoms with Gasteiger partial charge in [-0.2, -0.15) is 13.1 Å². The summed E-state index contributed by atoms with van der Waals surface area (Å²) < 4.78 is 37.9. The maximum atomic E-state index is 13.6. The molecule has 2 aromatic rings. The molecule has 2 aliphatic rings. The number of esters is 1. The van der Waals surface area contributed by atoms with Crippen LogP contribution in [0.3, 0.4) is 0 Å². The van der Waals surface area contributed by atoms with Gasteiger partial charge in [-0.25, -0.2) is 13.4 Å². The van der Waals surface area contributed by atoms with Gasteiger partial charge in [0.05, 0.1) is 36.8 Å². The highest BCUT2D eigenvalue weighted by molar-refractivity contribution is 7.93. The molecule has 2 N–H and O–H groups in total. The van der Waals surface area contributed by atoms with Gasteiger partial charge >= 0.3 is 5.97 Å². The lowest BCUT2D eigenvalue weighted by Crippen LogP contribution is -2.43. The number of sulfonamides is 1.